The maximum absolute atomic E-state index is 12.8. The third-order valence-electron chi connectivity index (χ3n) is 4.88. The van der Waals surface area contributed by atoms with Gasteiger partial charge >= 0.3 is 6.18 Å². The van der Waals surface area contributed by atoms with E-state index in [1.807, 2.05) is 0 Å². The molecule has 2 amide bonds. The first-order valence-corrected chi connectivity index (χ1v) is 11.9. The lowest BCUT2D eigenvalue weighted by molar-refractivity contribution is -0.137. The highest BCUT2D eigenvalue weighted by Gasteiger charge is 2.34. The van der Waals surface area contributed by atoms with Gasteiger partial charge in [0, 0.05) is 6.42 Å². The van der Waals surface area contributed by atoms with Gasteiger partial charge in [-0.1, -0.05) is 52.1 Å². The Labute approximate surface area is 165 Å². The van der Waals surface area contributed by atoms with Crippen molar-refractivity contribution in [1.82, 2.24) is 5.32 Å². The second-order valence-electron chi connectivity index (χ2n) is 8.28. The second kappa shape index (κ2) is 8.82. The Morgan fingerprint density at radius 1 is 1.21 bits per heavy atom. The molecule has 1 aromatic carbocycles. The monoisotopic (exact) mass is 412 g/mol. The van der Waals surface area contributed by atoms with Crippen molar-refractivity contribution < 1.29 is 22.8 Å². The smallest absolute Gasteiger partial charge is 0.368 e. The zero-order chi connectivity index (χ0) is 21.8. The van der Waals surface area contributed by atoms with Crippen molar-refractivity contribution in [1.29, 1.82) is 0 Å². The fourth-order valence-electron chi connectivity index (χ4n) is 2.07. The number of benzene rings is 1. The molecule has 0 spiro atoms. The van der Waals surface area contributed by atoms with Crippen molar-refractivity contribution in [3.8, 4) is 11.5 Å². The predicted octanol–water partition coefficient (Wildman–Crippen LogP) is 3.66. The standard InChI is InChI=1S/C20H27F3N2O2Si/c1-19(2,3)28(4,5)11-7-10-16(18(24)27)25-17(26)13-14-8-6-9-15(12-14)20(21,22)23/h6,8-9,12,16H,10,13H2,1-5H3,(H2,24,27)(H,25,26)/t16-/m1/s1. The summed E-state index contributed by atoms with van der Waals surface area (Å²) in [6.07, 6.45) is -4.71. The molecule has 0 saturated carbocycles. The van der Waals surface area contributed by atoms with Crippen LogP contribution in [-0.4, -0.2) is 25.9 Å². The molecule has 0 aromatic heterocycles. The minimum absolute atomic E-state index is 0.0506. The van der Waals surface area contributed by atoms with Crippen LogP contribution in [0.2, 0.25) is 18.1 Å². The molecule has 28 heavy (non-hydrogen) atoms. The van der Waals surface area contributed by atoms with E-state index in [-0.39, 0.29) is 23.4 Å². The third-order valence-corrected chi connectivity index (χ3v) is 9.43. The Kier molecular flexibility index (Phi) is 7.49. The van der Waals surface area contributed by atoms with Crippen molar-refractivity contribution in [2.75, 3.05) is 0 Å². The van der Waals surface area contributed by atoms with Crippen LogP contribution in [0.25, 0.3) is 0 Å². The van der Waals surface area contributed by atoms with Crippen LogP contribution in [0.15, 0.2) is 24.3 Å². The van der Waals surface area contributed by atoms with Gasteiger partial charge in [0.1, 0.15) is 14.1 Å². The Morgan fingerprint density at radius 2 is 1.82 bits per heavy atom. The summed E-state index contributed by atoms with van der Waals surface area (Å²) in [6.45, 7) is 10.6. The van der Waals surface area contributed by atoms with Crippen molar-refractivity contribution in [3.05, 3.63) is 35.4 Å². The lowest BCUT2D eigenvalue weighted by Crippen LogP contribution is -2.45. The number of rotatable bonds is 5. The second-order valence-corrected chi connectivity index (χ2v) is 13.3. The number of nitrogens with one attached hydrogen (secondary N) is 1. The number of amides is 2. The van der Waals surface area contributed by atoms with Gasteiger partial charge in [0.25, 0.3) is 0 Å². The number of alkyl halides is 3. The number of carbonyl (C=O) groups is 2. The lowest BCUT2D eigenvalue weighted by Gasteiger charge is -2.31. The molecule has 0 unspecified atom stereocenters. The fraction of sp³-hybridized carbons (Fsp3) is 0.500. The zero-order valence-electron chi connectivity index (χ0n) is 16.8. The number of carbonyl (C=O) groups excluding carboxylic acids is 2. The molecular weight excluding hydrogens is 385 g/mol. The van der Waals surface area contributed by atoms with E-state index in [2.05, 4.69) is 50.6 Å². The molecule has 4 nitrogen and oxygen atoms in total. The molecular formula is C20H27F3N2O2Si. The molecule has 0 bridgehead atoms. The molecule has 0 aliphatic carbocycles. The quantitative estimate of drug-likeness (QED) is 0.572. The highest BCUT2D eigenvalue weighted by molar-refractivity contribution is 6.87. The summed E-state index contributed by atoms with van der Waals surface area (Å²) in [7, 11) is -1.86. The Morgan fingerprint density at radius 3 is 2.32 bits per heavy atom. The van der Waals surface area contributed by atoms with Crippen LogP contribution in [0, 0.1) is 11.5 Å². The van der Waals surface area contributed by atoms with Crippen LogP contribution >= 0.6 is 0 Å². The largest absolute Gasteiger partial charge is 0.416 e. The summed E-state index contributed by atoms with van der Waals surface area (Å²) in [6, 6.07) is 3.52. The first-order chi connectivity index (χ1) is 12.6. The van der Waals surface area contributed by atoms with Crippen molar-refractivity contribution >= 4 is 19.9 Å². The van der Waals surface area contributed by atoms with E-state index in [1.54, 1.807) is 0 Å². The van der Waals surface area contributed by atoms with E-state index in [0.29, 0.717) is 0 Å². The molecule has 1 rings (SSSR count). The van der Waals surface area contributed by atoms with E-state index >= 15 is 0 Å². The normalized spacial score (nSPS) is 13.3. The molecule has 1 aromatic rings. The number of primary amides is 1. The van der Waals surface area contributed by atoms with Gasteiger partial charge in [-0.3, -0.25) is 9.59 Å². The minimum atomic E-state index is -4.48. The topological polar surface area (TPSA) is 72.2 Å². The summed E-state index contributed by atoms with van der Waals surface area (Å²) in [5.41, 5.74) is 7.94. The fourth-order valence-corrected chi connectivity index (χ4v) is 2.99. The average molecular weight is 413 g/mol. The summed E-state index contributed by atoms with van der Waals surface area (Å²) in [5.74, 6) is 1.64. The minimum Gasteiger partial charge on any atom is -0.368 e. The van der Waals surface area contributed by atoms with Gasteiger partial charge in [-0.15, -0.1) is 11.5 Å². The number of hydrogen-bond acceptors (Lipinski definition) is 2. The molecule has 0 heterocycles. The zero-order valence-corrected chi connectivity index (χ0v) is 17.8. The van der Waals surface area contributed by atoms with Crippen LogP contribution in [0.5, 0.6) is 0 Å². The van der Waals surface area contributed by atoms with E-state index in [9.17, 15) is 22.8 Å². The summed E-state index contributed by atoms with van der Waals surface area (Å²) >= 11 is 0. The Hall–Kier alpha value is -2.27. The summed E-state index contributed by atoms with van der Waals surface area (Å²) in [5, 5.41) is 2.52. The average Bonchev–Trinajstić information content (AvgIpc) is 2.52. The number of hydrogen-bond donors (Lipinski definition) is 2. The van der Waals surface area contributed by atoms with Gasteiger partial charge in [0.2, 0.25) is 11.8 Å². The Bertz CT molecular complexity index is 787. The molecule has 3 N–H and O–H groups in total. The maximum Gasteiger partial charge on any atom is 0.416 e. The summed E-state index contributed by atoms with van der Waals surface area (Å²) < 4.78 is 38.3. The molecule has 0 radical (unpaired) electrons. The van der Waals surface area contributed by atoms with E-state index in [0.717, 1.165) is 12.1 Å². The lowest BCUT2D eigenvalue weighted by atomic mass is 10.1. The van der Waals surface area contributed by atoms with Gasteiger partial charge in [-0.2, -0.15) is 13.2 Å². The molecule has 154 valence electrons. The Balaban J connectivity index is 2.81. The van der Waals surface area contributed by atoms with Crippen LogP contribution < -0.4 is 11.1 Å². The van der Waals surface area contributed by atoms with Gasteiger partial charge in [-0.25, -0.2) is 0 Å². The molecule has 0 aliphatic heterocycles. The first kappa shape index (κ1) is 23.8. The van der Waals surface area contributed by atoms with E-state index in [1.165, 1.54) is 12.1 Å². The van der Waals surface area contributed by atoms with E-state index < -0.39 is 37.7 Å². The van der Waals surface area contributed by atoms with Crippen LogP contribution in [0.4, 0.5) is 13.2 Å². The van der Waals surface area contributed by atoms with Crippen molar-refractivity contribution in [2.24, 2.45) is 5.73 Å². The maximum atomic E-state index is 12.8. The summed E-state index contributed by atoms with van der Waals surface area (Å²) in [4.78, 5) is 23.8. The number of halogens is 3. The van der Waals surface area contributed by atoms with E-state index in [4.69, 9.17) is 5.73 Å². The van der Waals surface area contributed by atoms with Gasteiger partial charge < -0.3 is 11.1 Å². The van der Waals surface area contributed by atoms with Crippen LogP contribution in [0.3, 0.4) is 0 Å². The van der Waals surface area contributed by atoms with Gasteiger partial charge in [-0.05, 0) is 16.7 Å². The molecule has 0 saturated heterocycles. The van der Waals surface area contributed by atoms with Gasteiger partial charge in [0.05, 0.1) is 12.0 Å². The van der Waals surface area contributed by atoms with Crippen LogP contribution in [0.1, 0.15) is 38.3 Å². The third kappa shape index (κ3) is 7.04. The molecule has 0 aliphatic rings. The molecule has 1 atom stereocenters. The highest BCUT2D eigenvalue weighted by atomic mass is 28.3. The van der Waals surface area contributed by atoms with Crippen molar-refractivity contribution in [2.45, 2.75) is 64.0 Å². The molecule has 0 fully saturated rings. The molecule has 8 heteroatoms. The van der Waals surface area contributed by atoms with Crippen LogP contribution in [-0.2, 0) is 22.2 Å². The number of nitrogens with two attached hydrogens (primary N) is 1. The van der Waals surface area contributed by atoms with Gasteiger partial charge in [0.15, 0.2) is 0 Å². The highest BCUT2D eigenvalue weighted by Crippen LogP contribution is 2.35. The first-order valence-electron chi connectivity index (χ1n) is 8.88. The SMILES string of the molecule is CC(C)(C)[Si](C)(C)C#CC[C@@H](NC(=O)Cc1cccc(C(F)(F)F)c1)C(N)=O. The predicted molar refractivity (Wildman–Crippen MR) is 106 cm³/mol. The van der Waals surface area contributed by atoms with Crippen molar-refractivity contribution in [3.63, 3.8) is 0 Å².